The van der Waals surface area contributed by atoms with Crippen LogP contribution in [-0.4, -0.2) is 39.3 Å². The number of aryl methyl sites for hydroxylation is 1. The van der Waals surface area contributed by atoms with E-state index in [9.17, 15) is 9.59 Å². The lowest BCUT2D eigenvalue weighted by Gasteiger charge is -2.12. The number of benzene rings is 2. The Balaban J connectivity index is 2.06. The van der Waals surface area contributed by atoms with Gasteiger partial charge in [-0.3, -0.25) is 4.79 Å². The topological polar surface area (TPSA) is 83.1 Å². The molecule has 0 heterocycles. The molecule has 0 saturated heterocycles. The van der Waals surface area contributed by atoms with E-state index in [1.165, 1.54) is 20.3 Å². The summed E-state index contributed by atoms with van der Waals surface area (Å²) in [5, 5.41) is 3.19. The highest BCUT2D eigenvalue weighted by Gasteiger charge is 2.11. The van der Waals surface area contributed by atoms with Crippen molar-refractivity contribution in [2.45, 2.75) is 13.8 Å². The standard InChI is InChI=1S/C22H24ClNO6/c1-5-29-19-12-15(11-17(23)22(19)28-4)6-9-20(25)24-18-8-7-16(10-14(18)2)30-13-21(26)27-3/h6-12H,5,13H2,1-4H3,(H,24,25)/b9-6+. The van der Waals surface area contributed by atoms with Crippen LogP contribution < -0.4 is 19.5 Å². The van der Waals surface area contributed by atoms with Crippen LogP contribution in [0.4, 0.5) is 5.69 Å². The Morgan fingerprint density at radius 1 is 1.13 bits per heavy atom. The van der Waals surface area contributed by atoms with Crippen molar-refractivity contribution < 1.29 is 28.5 Å². The predicted octanol–water partition coefficient (Wildman–Crippen LogP) is 4.26. The van der Waals surface area contributed by atoms with Crippen molar-refractivity contribution in [3.8, 4) is 17.2 Å². The van der Waals surface area contributed by atoms with E-state index in [4.69, 9.17) is 25.8 Å². The number of hydrogen-bond donors (Lipinski definition) is 1. The Morgan fingerprint density at radius 3 is 2.53 bits per heavy atom. The molecule has 7 nitrogen and oxygen atoms in total. The zero-order valence-electron chi connectivity index (χ0n) is 17.3. The van der Waals surface area contributed by atoms with Gasteiger partial charge in [0.2, 0.25) is 5.91 Å². The number of nitrogens with one attached hydrogen (secondary N) is 1. The number of esters is 1. The molecule has 0 radical (unpaired) electrons. The summed E-state index contributed by atoms with van der Waals surface area (Å²) in [7, 11) is 2.81. The molecule has 0 aliphatic rings. The molecule has 2 aromatic rings. The van der Waals surface area contributed by atoms with Crippen LogP contribution in [0.25, 0.3) is 6.08 Å². The summed E-state index contributed by atoms with van der Waals surface area (Å²) in [5.74, 6) is 0.673. The largest absolute Gasteiger partial charge is 0.491 e. The Hall–Kier alpha value is -3.19. The van der Waals surface area contributed by atoms with Gasteiger partial charge in [0.05, 0.1) is 25.8 Å². The molecule has 0 atom stereocenters. The first-order valence-corrected chi connectivity index (χ1v) is 9.55. The fourth-order valence-electron chi connectivity index (χ4n) is 2.56. The average molecular weight is 434 g/mol. The predicted molar refractivity (Wildman–Crippen MR) is 116 cm³/mol. The lowest BCUT2D eigenvalue weighted by molar-refractivity contribution is -0.142. The van der Waals surface area contributed by atoms with Gasteiger partial charge in [0.25, 0.3) is 0 Å². The van der Waals surface area contributed by atoms with Gasteiger partial charge in [0, 0.05) is 11.8 Å². The molecule has 0 unspecified atom stereocenters. The van der Waals surface area contributed by atoms with Crippen molar-refractivity contribution in [3.63, 3.8) is 0 Å². The number of carbonyl (C=O) groups is 2. The molecule has 160 valence electrons. The van der Waals surface area contributed by atoms with E-state index >= 15 is 0 Å². The van der Waals surface area contributed by atoms with Gasteiger partial charge >= 0.3 is 5.97 Å². The Morgan fingerprint density at radius 2 is 1.90 bits per heavy atom. The molecular weight excluding hydrogens is 410 g/mol. The zero-order chi connectivity index (χ0) is 22.1. The quantitative estimate of drug-likeness (QED) is 0.470. The van der Waals surface area contributed by atoms with Gasteiger partial charge in [-0.05, 0) is 61.4 Å². The fraction of sp³-hybridized carbons (Fsp3) is 0.273. The number of halogens is 1. The van der Waals surface area contributed by atoms with Crippen molar-refractivity contribution in [1.82, 2.24) is 0 Å². The summed E-state index contributed by atoms with van der Waals surface area (Å²) >= 11 is 6.23. The number of anilines is 1. The summed E-state index contributed by atoms with van der Waals surface area (Å²) in [4.78, 5) is 23.5. The molecule has 0 bridgehead atoms. The van der Waals surface area contributed by atoms with Crippen LogP contribution in [0.3, 0.4) is 0 Å². The minimum atomic E-state index is -0.471. The molecule has 0 aromatic heterocycles. The van der Waals surface area contributed by atoms with E-state index in [0.717, 1.165) is 5.56 Å². The van der Waals surface area contributed by atoms with E-state index in [0.29, 0.717) is 40.1 Å². The normalized spacial score (nSPS) is 10.6. The Kier molecular flexibility index (Phi) is 8.55. The van der Waals surface area contributed by atoms with Crippen molar-refractivity contribution in [3.05, 3.63) is 52.6 Å². The molecule has 1 amide bonds. The number of amides is 1. The molecule has 0 fully saturated rings. The second kappa shape index (κ2) is 11.1. The van der Waals surface area contributed by atoms with Crippen LogP contribution >= 0.6 is 11.6 Å². The molecular formula is C22H24ClNO6. The molecule has 0 saturated carbocycles. The highest BCUT2D eigenvalue weighted by Crippen LogP contribution is 2.36. The lowest BCUT2D eigenvalue weighted by atomic mass is 10.1. The maximum atomic E-state index is 12.3. The van der Waals surface area contributed by atoms with Crippen molar-refractivity contribution >= 4 is 35.2 Å². The molecule has 30 heavy (non-hydrogen) atoms. The third-order valence-corrected chi connectivity index (χ3v) is 4.28. The summed E-state index contributed by atoms with van der Waals surface area (Å²) in [6.45, 7) is 3.96. The summed E-state index contributed by atoms with van der Waals surface area (Å²) in [6.07, 6.45) is 3.03. The second-order valence-electron chi connectivity index (χ2n) is 6.13. The van der Waals surface area contributed by atoms with Gasteiger partial charge in [-0.25, -0.2) is 4.79 Å². The van der Waals surface area contributed by atoms with Crippen molar-refractivity contribution in [2.24, 2.45) is 0 Å². The molecule has 1 N–H and O–H groups in total. The smallest absolute Gasteiger partial charge is 0.343 e. The summed E-state index contributed by atoms with van der Waals surface area (Å²) in [5.41, 5.74) is 2.10. The number of ether oxygens (including phenoxy) is 4. The second-order valence-corrected chi connectivity index (χ2v) is 6.54. The minimum absolute atomic E-state index is 0.182. The number of hydrogen-bond acceptors (Lipinski definition) is 6. The van der Waals surface area contributed by atoms with Gasteiger partial charge in [0.1, 0.15) is 5.75 Å². The molecule has 2 aromatic carbocycles. The number of rotatable bonds is 9. The summed E-state index contributed by atoms with van der Waals surface area (Å²) < 4.78 is 20.6. The summed E-state index contributed by atoms with van der Waals surface area (Å²) in [6, 6.07) is 8.51. The van der Waals surface area contributed by atoms with E-state index in [2.05, 4.69) is 10.1 Å². The maximum Gasteiger partial charge on any atom is 0.343 e. The van der Waals surface area contributed by atoms with E-state index in [1.807, 2.05) is 13.8 Å². The third-order valence-electron chi connectivity index (χ3n) is 4.00. The first kappa shape index (κ1) is 23.1. The first-order valence-electron chi connectivity index (χ1n) is 9.17. The van der Waals surface area contributed by atoms with Gasteiger partial charge in [-0.1, -0.05) is 11.6 Å². The van der Waals surface area contributed by atoms with E-state index in [-0.39, 0.29) is 12.5 Å². The number of methoxy groups -OCH3 is 2. The Labute approximate surface area is 180 Å². The Bertz CT molecular complexity index is 941. The van der Waals surface area contributed by atoms with Crippen LogP contribution in [0, 0.1) is 6.92 Å². The van der Waals surface area contributed by atoms with Crippen molar-refractivity contribution in [2.75, 3.05) is 32.8 Å². The van der Waals surface area contributed by atoms with Crippen molar-refractivity contribution in [1.29, 1.82) is 0 Å². The molecule has 0 aliphatic carbocycles. The fourth-order valence-corrected chi connectivity index (χ4v) is 2.86. The van der Waals surface area contributed by atoms with Crippen LogP contribution in [0.2, 0.25) is 5.02 Å². The van der Waals surface area contributed by atoms with E-state index in [1.54, 1.807) is 36.4 Å². The molecule has 0 spiro atoms. The van der Waals surface area contributed by atoms with Crippen LogP contribution in [0.15, 0.2) is 36.4 Å². The SMILES string of the molecule is CCOc1cc(/C=C/C(=O)Nc2ccc(OCC(=O)OC)cc2C)cc(Cl)c1OC. The first-order chi connectivity index (χ1) is 14.4. The van der Waals surface area contributed by atoms with Crippen LogP contribution in [0.1, 0.15) is 18.1 Å². The molecule has 0 aliphatic heterocycles. The highest BCUT2D eigenvalue weighted by atomic mass is 35.5. The third kappa shape index (κ3) is 6.42. The average Bonchev–Trinajstić information content (AvgIpc) is 2.72. The van der Waals surface area contributed by atoms with Gasteiger partial charge in [-0.15, -0.1) is 0 Å². The minimum Gasteiger partial charge on any atom is -0.491 e. The lowest BCUT2D eigenvalue weighted by Crippen LogP contribution is -2.13. The monoisotopic (exact) mass is 433 g/mol. The maximum absolute atomic E-state index is 12.3. The molecule has 2 rings (SSSR count). The van der Waals surface area contributed by atoms with E-state index < -0.39 is 5.97 Å². The zero-order valence-corrected chi connectivity index (χ0v) is 18.0. The van der Waals surface area contributed by atoms with Crippen LogP contribution in [-0.2, 0) is 14.3 Å². The highest BCUT2D eigenvalue weighted by molar-refractivity contribution is 6.32. The van der Waals surface area contributed by atoms with Crippen LogP contribution in [0.5, 0.6) is 17.2 Å². The molecule has 8 heteroatoms. The van der Waals surface area contributed by atoms with Gasteiger partial charge in [0.15, 0.2) is 18.1 Å². The van der Waals surface area contributed by atoms with Gasteiger partial charge in [-0.2, -0.15) is 0 Å². The number of carbonyl (C=O) groups excluding carboxylic acids is 2. The van der Waals surface area contributed by atoms with Gasteiger partial charge < -0.3 is 24.3 Å².